The highest BCUT2D eigenvalue weighted by molar-refractivity contribution is 6.30. The lowest BCUT2D eigenvalue weighted by Gasteiger charge is -2.23. The summed E-state index contributed by atoms with van der Waals surface area (Å²) in [5.41, 5.74) is 1.75. The molecule has 110 valence electrons. The Morgan fingerprint density at radius 3 is 2.29 bits per heavy atom. The van der Waals surface area contributed by atoms with Crippen LogP contribution in [-0.2, 0) is 5.41 Å². The normalized spacial score (nSPS) is 11.5. The minimum absolute atomic E-state index is 0.0434. The average molecular weight is 305 g/mol. The van der Waals surface area contributed by atoms with Crippen molar-refractivity contribution >= 4 is 17.4 Å². The topological polar surface area (TPSA) is 17.1 Å². The predicted octanol–water partition coefficient (Wildman–Crippen LogP) is 5.40. The summed E-state index contributed by atoms with van der Waals surface area (Å²) in [6, 6.07) is 11.5. The van der Waals surface area contributed by atoms with Gasteiger partial charge in [0.05, 0.1) is 5.56 Å². The zero-order valence-electron chi connectivity index (χ0n) is 12.4. The number of hydrogen-bond donors (Lipinski definition) is 0. The van der Waals surface area contributed by atoms with Crippen LogP contribution in [0.25, 0.3) is 0 Å². The van der Waals surface area contributed by atoms with E-state index in [0.717, 1.165) is 18.1 Å². The predicted molar refractivity (Wildman–Crippen MR) is 84.6 cm³/mol. The molecular formula is C18H18ClFO. The lowest BCUT2D eigenvalue weighted by molar-refractivity contribution is 0.103. The van der Waals surface area contributed by atoms with Gasteiger partial charge in [-0.2, -0.15) is 0 Å². The molecule has 0 aromatic heterocycles. The highest BCUT2D eigenvalue weighted by atomic mass is 35.5. The third-order valence-electron chi connectivity index (χ3n) is 3.99. The van der Waals surface area contributed by atoms with Gasteiger partial charge in [0, 0.05) is 10.6 Å². The number of hydrogen-bond acceptors (Lipinski definition) is 1. The lowest BCUT2D eigenvalue weighted by Crippen LogP contribution is -2.15. The molecule has 0 amide bonds. The highest BCUT2D eigenvalue weighted by Gasteiger charge is 2.19. The van der Waals surface area contributed by atoms with Gasteiger partial charge < -0.3 is 0 Å². The Labute approximate surface area is 129 Å². The molecule has 0 aliphatic heterocycles. The van der Waals surface area contributed by atoms with E-state index < -0.39 is 5.82 Å². The van der Waals surface area contributed by atoms with Gasteiger partial charge in [-0.25, -0.2) is 4.39 Å². The molecule has 0 spiro atoms. The van der Waals surface area contributed by atoms with Crippen LogP contribution in [0.4, 0.5) is 4.39 Å². The first-order valence-electron chi connectivity index (χ1n) is 6.95. The molecule has 2 aromatic rings. The second-order valence-electron chi connectivity index (χ2n) is 5.77. The molecule has 0 bridgehead atoms. The molecule has 0 radical (unpaired) electrons. The molecule has 1 nitrogen and oxygen atoms in total. The number of ketones is 1. The first-order valence-corrected chi connectivity index (χ1v) is 7.33. The van der Waals surface area contributed by atoms with Gasteiger partial charge in [-0.05, 0) is 35.6 Å². The minimum atomic E-state index is -0.592. The van der Waals surface area contributed by atoms with Crippen LogP contribution in [0.15, 0.2) is 42.5 Å². The van der Waals surface area contributed by atoms with Crippen molar-refractivity contribution in [3.05, 3.63) is 70.0 Å². The highest BCUT2D eigenvalue weighted by Crippen LogP contribution is 2.27. The fourth-order valence-electron chi connectivity index (χ4n) is 2.11. The maximum absolute atomic E-state index is 13.8. The maximum atomic E-state index is 13.8. The standard InChI is InChI=1S/C18H18ClFO/c1-4-18(2,3)13-7-5-12(6-8-13)17(21)15-10-9-14(19)11-16(15)20/h5-11H,4H2,1-3H3. The van der Waals surface area contributed by atoms with Gasteiger partial charge in [0.15, 0.2) is 5.78 Å². The summed E-state index contributed by atoms with van der Waals surface area (Å²) in [4.78, 5) is 12.3. The van der Waals surface area contributed by atoms with Crippen LogP contribution in [0.1, 0.15) is 48.7 Å². The lowest BCUT2D eigenvalue weighted by atomic mass is 9.82. The average Bonchev–Trinajstić information content (AvgIpc) is 2.47. The summed E-state index contributed by atoms with van der Waals surface area (Å²) < 4.78 is 13.8. The Morgan fingerprint density at radius 2 is 1.76 bits per heavy atom. The van der Waals surface area contributed by atoms with E-state index in [1.54, 1.807) is 12.1 Å². The summed E-state index contributed by atoms with van der Waals surface area (Å²) >= 11 is 5.70. The molecule has 0 fully saturated rings. The summed E-state index contributed by atoms with van der Waals surface area (Å²) in [6.45, 7) is 6.44. The van der Waals surface area contributed by atoms with Crippen LogP contribution in [0.5, 0.6) is 0 Å². The molecule has 0 N–H and O–H groups in total. The van der Waals surface area contributed by atoms with Crippen LogP contribution in [-0.4, -0.2) is 5.78 Å². The molecule has 0 saturated heterocycles. The smallest absolute Gasteiger partial charge is 0.195 e. The number of carbonyl (C=O) groups is 1. The number of halogens is 2. The third kappa shape index (κ3) is 3.33. The van der Waals surface area contributed by atoms with E-state index in [1.165, 1.54) is 12.1 Å². The van der Waals surface area contributed by atoms with E-state index in [9.17, 15) is 9.18 Å². The van der Waals surface area contributed by atoms with Gasteiger partial charge in [-0.1, -0.05) is 56.6 Å². The van der Waals surface area contributed by atoms with E-state index in [4.69, 9.17) is 11.6 Å². The molecule has 2 aromatic carbocycles. The van der Waals surface area contributed by atoms with Crippen molar-refractivity contribution < 1.29 is 9.18 Å². The van der Waals surface area contributed by atoms with Crippen LogP contribution < -0.4 is 0 Å². The Kier molecular flexibility index (Phi) is 4.48. The van der Waals surface area contributed by atoms with E-state index in [-0.39, 0.29) is 21.8 Å². The fraction of sp³-hybridized carbons (Fsp3) is 0.278. The summed E-state index contributed by atoms with van der Waals surface area (Å²) in [5.74, 6) is -0.921. The SMILES string of the molecule is CCC(C)(C)c1ccc(C(=O)c2ccc(Cl)cc2F)cc1. The molecule has 0 aliphatic carbocycles. The second kappa shape index (κ2) is 5.98. The van der Waals surface area contributed by atoms with Crippen LogP contribution >= 0.6 is 11.6 Å². The van der Waals surface area contributed by atoms with Crippen molar-refractivity contribution in [3.63, 3.8) is 0 Å². The van der Waals surface area contributed by atoms with Gasteiger partial charge in [0.1, 0.15) is 5.82 Å². The van der Waals surface area contributed by atoms with Crippen molar-refractivity contribution in [2.75, 3.05) is 0 Å². The summed E-state index contributed by atoms with van der Waals surface area (Å²) in [7, 11) is 0. The molecular weight excluding hydrogens is 287 g/mol. The monoisotopic (exact) mass is 304 g/mol. The molecule has 0 atom stereocenters. The first-order chi connectivity index (χ1) is 9.85. The van der Waals surface area contributed by atoms with Gasteiger partial charge in [-0.15, -0.1) is 0 Å². The largest absolute Gasteiger partial charge is 0.288 e. The van der Waals surface area contributed by atoms with Crippen LogP contribution in [0.3, 0.4) is 0 Å². The zero-order valence-corrected chi connectivity index (χ0v) is 13.2. The Hall–Kier alpha value is -1.67. The molecule has 0 aliphatic rings. The van der Waals surface area contributed by atoms with E-state index in [1.807, 2.05) is 12.1 Å². The van der Waals surface area contributed by atoms with Crippen molar-refractivity contribution in [3.8, 4) is 0 Å². The van der Waals surface area contributed by atoms with Gasteiger partial charge >= 0.3 is 0 Å². The quantitative estimate of drug-likeness (QED) is 0.691. The van der Waals surface area contributed by atoms with Crippen molar-refractivity contribution in [1.82, 2.24) is 0 Å². The van der Waals surface area contributed by atoms with E-state index >= 15 is 0 Å². The van der Waals surface area contributed by atoms with Crippen LogP contribution in [0, 0.1) is 5.82 Å². The minimum Gasteiger partial charge on any atom is -0.288 e. The van der Waals surface area contributed by atoms with Gasteiger partial charge in [0.25, 0.3) is 0 Å². The first kappa shape index (κ1) is 15.7. The Balaban J connectivity index is 2.32. The van der Waals surface area contributed by atoms with Crippen LogP contribution in [0.2, 0.25) is 5.02 Å². The third-order valence-corrected chi connectivity index (χ3v) is 4.22. The van der Waals surface area contributed by atoms with Crippen molar-refractivity contribution in [2.45, 2.75) is 32.6 Å². The fourth-order valence-corrected chi connectivity index (χ4v) is 2.26. The van der Waals surface area contributed by atoms with Crippen molar-refractivity contribution in [2.24, 2.45) is 0 Å². The maximum Gasteiger partial charge on any atom is 0.195 e. The Bertz CT molecular complexity index is 659. The molecule has 3 heteroatoms. The van der Waals surface area contributed by atoms with Gasteiger partial charge in [0.2, 0.25) is 0 Å². The molecule has 2 rings (SSSR count). The summed E-state index contributed by atoms with van der Waals surface area (Å²) in [5, 5.41) is 0.282. The summed E-state index contributed by atoms with van der Waals surface area (Å²) in [6.07, 6.45) is 1.01. The number of carbonyl (C=O) groups excluding carboxylic acids is 1. The van der Waals surface area contributed by atoms with E-state index in [2.05, 4.69) is 20.8 Å². The molecule has 21 heavy (non-hydrogen) atoms. The molecule has 0 heterocycles. The van der Waals surface area contributed by atoms with E-state index in [0.29, 0.717) is 5.56 Å². The molecule has 0 saturated carbocycles. The zero-order chi connectivity index (χ0) is 15.6. The second-order valence-corrected chi connectivity index (χ2v) is 6.20. The number of benzene rings is 2. The molecule has 0 unspecified atom stereocenters. The van der Waals surface area contributed by atoms with Crippen molar-refractivity contribution in [1.29, 1.82) is 0 Å². The number of rotatable bonds is 4. The Morgan fingerprint density at radius 1 is 1.14 bits per heavy atom. The van der Waals surface area contributed by atoms with Gasteiger partial charge in [-0.3, -0.25) is 4.79 Å².